The Morgan fingerprint density at radius 3 is 2.52 bits per heavy atom. The van der Waals surface area contributed by atoms with Gasteiger partial charge in [0.2, 0.25) is 0 Å². The summed E-state index contributed by atoms with van der Waals surface area (Å²) in [6, 6.07) is 6.32. The lowest BCUT2D eigenvalue weighted by atomic mass is 9.78. The fourth-order valence-corrected chi connectivity index (χ4v) is 4.15. The highest BCUT2D eigenvalue weighted by molar-refractivity contribution is 5.51. The molecule has 0 bridgehead atoms. The second-order valence-electron chi connectivity index (χ2n) is 7.15. The maximum atomic E-state index is 6.32. The van der Waals surface area contributed by atoms with Crippen molar-refractivity contribution in [1.82, 2.24) is 4.90 Å². The Bertz CT molecular complexity index is 518. The molecule has 1 aromatic carbocycles. The number of rotatable bonds is 5. The Balaban J connectivity index is 1.85. The Morgan fingerprint density at radius 1 is 1.22 bits per heavy atom. The first-order chi connectivity index (χ1) is 11.2. The van der Waals surface area contributed by atoms with Gasteiger partial charge in [0, 0.05) is 30.6 Å². The molecular weight excluding hydrogens is 288 g/mol. The van der Waals surface area contributed by atoms with Gasteiger partial charge in [0.15, 0.2) is 11.5 Å². The van der Waals surface area contributed by atoms with Crippen molar-refractivity contribution >= 4 is 0 Å². The predicted molar refractivity (Wildman–Crippen MR) is 93.3 cm³/mol. The third kappa shape index (κ3) is 3.33. The maximum Gasteiger partial charge on any atom is 0.164 e. The number of nitrogens with zero attached hydrogens (tertiary/aromatic N) is 1. The number of para-hydroxylation sites is 1. The second kappa shape index (κ2) is 7.10. The molecule has 1 heterocycles. The topological polar surface area (TPSA) is 47.7 Å². The SMILES string of the molecule is COc1c(OC2CCN(C)CC2)cccc1C1(CN)CCCC1. The Morgan fingerprint density at radius 2 is 1.91 bits per heavy atom. The van der Waals surface area contributed by atoms with Gasteiger partial charge < -0.3 is 20.1 Å². The zero-order chi connectivity index (χ0) is 16.3. The third-order valence-corrected chi connectivity index (χ3v) is 5.67. The molecule has 2 fully saturated rings. The summed E-state index contributed by atoms with van der Waals surface area (Å²) in [5.74, 6) is 1.79. The van der Waals surface area contributed by atoms with Crippen LogP contribution in [0.1, 0.15) is 44.1 Å². The lowest BCUT2D eigenvalue weighted by Gasteiger charge is -2.32. The molecular formula is C19H30N2O2. The zero-order valence-corrected chi connectivity index (χ0v) is 14.5. The van der Waals surface area contributed by atoms with Crippen LogP contribution in [0.2, 0.25) is 0 Å². The summed E-state index contributed by atoms with van der Waals surface area (Å²) in [6.45, 7) is 2.87. The first-order valence-corrected chi connectivity index (χ1v) is 8.91. The standard InChI is InChI=1S/C19H30N2O2/c1-21-12-8-15(9-13-21)23-17-7-5-6-16(18(17)22-2)19(14-20)10-3-4-11-19/h5-7,15H,3-4,8-14,20H2,1-2H3. The highest BCUT2D eigenvalue weighted by atomic mass is 16.5. The number of piperidine rings is 1. The molecule has 0 spiro atoms. The van der Waals surface area contributed by atoms with Crippen LogP contribution in [-0.4, -0.2) is 44.8 Å². The first-order valence-electron chi connectivity index (χ1n) is 8.91. The molecule has 0 atom stereocenters. The highest BCUT2D eigenvalue weighted by Gasteiger charge is 2.37. The first kappa shape index (κ1) is 16.6. The number of hydrogen-bond acceptors (Lipinski definition) is 4. The monoisotopic (exact) mass is 318 g/mol. The molecule has 4 heteroatoms. The van der Waals surface area contributed by atoms with Gasteiger partial charge in [-0.25, -0.2) is 0 Å². The van der Waals surface area contributed by atoms with Crippen molar-refractivity contribution in [2.75, 3.05) is 33.8 Å². The quantitative estimate of drug-likeness (QED) is 0.907. The summed E-state index contributed by atoms with van der Waals surface area (Å²) in [5.41, 5.74) is 7.48. The molecule has 128 valence electrons. The molecule has 1 saturated carbocycles. The van der Waals surface area contributed by atoms with Gasteiger partial charge in [-0.05, 0) is 38.8 Å². The van der Waals surface area contributed by atoms with Crippen LogP contribution in [0.3, 0.4) is 0 Å². The summed E-state index contributed by atoms with van der Waals surface area (Å²) < 4.78 is 12.1. The van der Waals surface area contributed by atoms with Gasteiger partial charge in [-0.3, -0.25) is 0 Å². The van der Waals surface area contributed by atoms with Gasteiger partial charge >= 0.3 is 0 Å². The Labute approximate surface area is 139 Å². The van der Waals surface area contributed by atoms with E-state index >= 15 is 0 Å². The Kier molecular flexibility index (Phi) is 5.12. The second-order valence-corrected chi connectivity index (χ2v) is 7.15. The summed E-state index contributed by atoms with van der Waals surface area (Å²) in [5, 5.41) is 0. The molecule has 0 amide bonds. The number of benzene rings is 1. The summed E-state index contributed by atoms with van der Waals surface area (Å²) in [7, 11) is 3.92. The number of hydrogen-bond donors (Lipinski definition) is 1. The molecule has 23 heavy (non-hydrogen) atoms. The van der Waals surface area contributed by atoms with Crippen LogP contribution in [-0.2, 0) is 5.41 Å². The Hall–Kier alpha value is -1.26. The van der Waals surface area contributed by atoms with E-state index in [4.69, 9.17) is 15.2 Å². The van der Waals surface area contributed by atoms with E-state index < -0.39 is 0 Å². The van der Waals surface area contributed by atoms with Crippen LogP contribution < -0.4 is 15.2 Å². The largest absolute Gasteiger partial charge is 0.493 e. The van der Waals surface area contributed by atoms with Crippen LogP contribution in [0.5, 0.6) is 11.5 Å². The highest BCUT2D eigenvalue weighted by Crippen LogP contribution is 2.47. The minimum Gasteiger partial charge on any atom is -0.493 e. The molecule has 2 aliphatic rings. The fraction of sp³-hybridized carbons (Fsp3) is 0.684. The molecule has 0 unspecified atom stereocenters. The van der Waals surface area contributed by atoms with Gasteiger partial charge in [0.1, 0.15) is 6.10 Å². The number of likely N-dealkylation sites (tertiary alicyclic amines) is 1. The van der Waals surface area contributed by atoms with Crippen LogP contribution in [0.4, 0.5) is 0 Å². The van der Waals surface area contributed by atoms with E-state index in [1.54, 1.807) is 7.11 Å². The molecule has 4 nitrogen and oxygen atoms in total. The molecule has 1 aromatic rings. The van der Waals surface area contributed by atoms with Gasteiger partial charge in [0.05, 0.1) is 7.11 Å². The average Bonchev–Trinajstić information content (AvgIpc) is 3.07. The molecule has 2 N–H and O–H groups in total. The van der Waals surface area contributed by atoms with Crippen LogP contribution in [0.25, 0.3) is 0 Å². The van der Waals surface area contributed by atoms with Crippen molar-refractivity contribution in [3.05, 3.63) is 23.8 Å². The molecule has 1 aliphatic heterocycles. The number of ether oxygens (including phenoxy) is 2. The van der Waals surface area contributed by atoms with Gasteiger partial charge in [-0.1, -0.05) is 25.0 Å². The maximum absolute atomic E-state index is 6.32. The lowest BCUT2D eigenvalue weighted by molar-refractivity contribution is 0.110. The van der Waals surface area contributed by atoms with Crippen molar-refractivity contribution < 1.29 is 9.47 Å². The molecule has 0 aromatic heterocycles. The minimum absolute atomic E-state index is 0.0670. The van der Waals surface area contributed by atoms with Crippen molar-refractivity contribution in [1.29, 1.82) is 0 Å². The van der Waals surface area contributed by atoms with E-state index in [-0.39, 0.29) is 11.5 Å². The molecule has 3 rings (SSSR count). The van der Waals surface area contributed by atoms with E-state index in [0.717, 1.165) is 50.3 Å². The molecule has 1 aliphatic carbocycles. The normalized spacial score (nSPS) is 22.2. The van der Waals surface area contributed by atoms with E-state index in [9.17, 15) is 0 Å². The van der Waals surface area contributed by atoms with Crippen LogP contribution in [0.15, 0.2) is 18.2 Å². The van der Waals surface area contributed by atoms with Gasteiger partial charge in [0.25, 0.3) is 0 Å². The van der Waals surface area contributed by atoms with Crippen molar-refractivity contribution in [3.8, 4) is 11.5 Å². The fourth-order valence-electron chi connectivity index (χ4n) is 4.15. The number of methoxy groups -OCH3 is 1. The van der Waals surface area contributed by atoms with E-state index in [2.05, 4.69) is 24.1 Å². The number of nitrogens with two attached hydrogens (primary N) is 1. The van der Waals surface area contributed by atoms with E-state index in [1.807, 2.05) is 6.07 Å². The van der Waals surface area contributed by atoms with E-state index in [1.165, 1.54) is 18.4 Å². The molecule has 0 radical (unpaired) electrons. The zero-order valence-electron chi connectivity index (χ0n) is 14.5. The van der Waals surface area contributed by atoms with Crippen molar-refractivity contribution in [2.45, 2.75) is 50.0 Å². The summed E-state index contributed by atoms with van der Waals surface area (Å²) >= 11 is 0. The smallest absolute Gasteiger partial charge is 0.164 e. The van der Waals surface area contributed by atoms with Gasteiger partial charge in [-0.15, -0.1) is 0 Å². The van der Waals surface area contributed by atoms with Gasteiger partial charge in [-0.2, -0.15) is 0 Å². The predicted octanol–water partition coefficient (Wildman–Crippen LogP) is 2.94. The van der Waals surface area contributed by atoms with Crippen LogP contribution in [0, 0.1) is 0 Å². The third-order valence-electron chi connectivity index (χ3n) is 5.67. The van der Waals surface area contributed by atoms with E-state index in [0.29, 0.717) is 6.54 Å². The lowest BCUT2D eigenvalue weighted by Crippen LogP contribution is -2.36. The van der Waals surface area contributed by atoms with Crippen molar-refractivity contribution in [2.24, 2.45) is 5.73 Å². The average molecular weight is 318 g/mol. The molecule has 1 saturated heterocycles. The summed E-state index contributed by atoms with van der Waals surface area (Å²) in [6.07, 6.45) is 7.24. The minimum atomic E-state index is 0.0670. The van der Waals surface area contributed by atoms with Crippen molar-refractivity contribution in [3.63, 3.8) is 0 Å². The van der Waals surface area contributed by atoms with Crippen LogP contribution >= 0.6 is 0 Å². The summed E-state index contributed by atoms with van der Waals surface area (Å²) in [4.78, 5) is 2.36.